The summed E-state index contributed by atoms with van der Waals surface area (Å²) in [6, 6.07) is 4.63. The van der Waals surface area contributed by atoms with Crippen molar-refractivity contribution in [1.29, 1.82) is 0 Å². The van der Waals surface area contributed by atoms with E-state index in [1.807, 2.05) is 0 Å². The number of carbonyl (C=O) groups excluding carboxylic acids is 1. The first-order valence-corrected chi connectivity index (χ1v) is 5.56. The van der Waals surface area contributed by atoms with Crippen LogP contribution in [0.15, 0.2) is 18.2 Å². The number of rotatable bonds is 5. The molecule has 0 heterocycles. The molecule has 0 saturated heterocycles. The average molecular weight is 313 g/mol. The molecular formula is C12H16ClF3N2O2. The van der Waals surface area contributed by atoms with E-state index in [1.165, 1.54) is 12.1 Å². The molecule has 1 aromatic rings. The van der Waals surface area contributed by atoms with E-state index in [-0.39, 0.29) is 36.3 Å². The molecule has 0 fully saturated rings. The summed E-state index contributed by atoms with van der Waals surface area (Å²) in [5, 5.41) is 5.12. The van der Waals surface area contributed by atoms with Crippen molar-refractivity contribution < 1.29 is 22.7 Å². The molecule has 0 aromatic heterocycles. The number of alkyl halides is 3. The van der Waals surface area contributed by atoms with Gasteiger partial charge < -0.3 is 15.4 Å². The lowest BCUT2D eigenvalue weighted by Crippen LogP contribution is -2.26. The van der Waals surface area contributed by atoms with Crippen molar-refractivity contribution in [2.45, 2.75) is 13.1 Å². The quantitative estimate of drug-likeness (QED) is 0.878. The van der Waals surface area contributed by atoms with Crippen LogP contribution in [0.5, 0.6) is 5.75 Å². The summed E-state index contributed by atoms with van der Waals surface area (Å²) in [5.41, 5.74) is 0.957. The third kappa shape index (κ3) is 6.63. The molecule has 4 nitrogen and oxygen atoms in total. The first-order chi connectivity index (χ1) is 8.81. The van der Waals surface area contributed by atoms with Crippen molar-refractivity contribution in [2.75, 3.05) is 25.5 Å². The van der Waals surface area contributed by atoms with E-state index in [0.29, 0.717) is 0 Å². The minimum absolute atomic E-state index is 0. The smallest absolute Gasteiger partial charge is 0.422 e. The zero-order valence-electron chi connectivity index (χ0n) is 11.0. The molecule has 0 saturated carbocycles. The van der Waals surface area contributed by atoms with Crippen LogP contribution in [-0.2, 0) is 4.79 Å². The normalized spacial score (nSPS) is 10.7. The van der Waals surface area contributed by atoms with Crippen LogP contribution >= 0.6 is 12.4 Å². The molecule has 0 bridgehead atoms. The largest absolute Gasteiger partial charge is 0.482 e. The number of amides is 1. The van der Waals surface area contributed by atoms with Crippen LogP contribution in [0.4, 0.5) is 18.9 Å². The van der Waals surface area contributed by atoms with Crippen molar-refractivity contribution >= 4 is 24.0 Å². The topological polar surface area (TPSA) is 50.4 Å². The lowest BCUT2D eigenvalue weighted by Gasteiger charge is -2.14. The van der Waals surface area contributed by atoms with Crippen LogP contribution in [0.25, 0.3) is 0 Å². The number of carbonyl (C=O) groups is 1. The van der Waals surface area contributed by atoms with Crippen LogP contribution in [0.1, 0.15) is 5.56 Å². The van der Waals surface area contributed by atoms with Crippen LogP contribution in [0, 0.1) is 6.92 Å². The third-order valence-corrected chi connectivity index (χ3v) is 2.14. The molecule has 0 unspecified atom stereocenters. The van der Waals surface area contributed by atoms with Gasteiger partial charge in [-0.2, -0.15) is 13.2 Å². The van der Waals surface area contributed by atoms with Crippen molar-refractivity contribution in [3.8, 4) is 5.75 Å². The van der Waals surface area contributed by atoms with Crippen molar-refractivity contribution in [3.05, 3.63) is 23.8 Å². The van der Waals surface area contributed by atoms with Crippen molar-refractivity contribution in [3.63, 3.8) is 0 Å². The van der Waals surface area contributed by atoms with Crippen LogP contribution < -0.4 is 15.4 Å². The van der Waals surface area contributed by atoms with Crippen molar-refractivity contribution in [1.82, 2.24) is 5.32 Å². The molecule has 20 heavy (non-hydrogen) atoms. The summed E-state index contributed by atoms with van der Waals surface area (Å²) in [4.78, 5) is 11.4. The number of hydrogen-bond donors (Lipinski definition) is 2. The van der Waals surface area contributed by atoms with Crippen molar-refractivity contribution in [2.24, 2.45) is 0 Å². The van der Waals surface area contributed by atoms with Crippen LogP contribution in [-0.4, -0.2) is 32.3 Å². The standard InChI is InChI=1S/C12H15F3N2O2.ClH/c1-8-3-4-9(17-11(18)6-16-2)10(5-8)19-7-12(13,14)15;/h3-5,16H,6-7H2,1-2H3,(H,17,18);1H. The number of ether oxygens (including phenoxy) is 1. The number of aryl methyl sites for hydroxylation is 1. The SMILES string of the molecule is CNCC(=O)Nc1ccc(C)cc1OCC(F)(F)F.Cl. The fourth-order valence-electron chi connectivity index (χ4n) is 1.37. The zero-order chi connectivity index (χ0) is 14.5. The summed E-state index contributed by atoms with van der Waals surface area (Å²) >= 11 is 0. The Morgan fingerprint density at radius 3 is 2.55 bits per heavy atom. The Hall–Kier alpha value is -1.47. The van der Waals surface area contributed by atoms with Crippen LogP contribution in [0.2, 0.25) is 0 Å². The molecule has 0 aliphatic heterocycles. The van der Waals surface area contributed by atoms with E-state index in [1.54, 1.807) is 20.0 Å². The molecule has 2 N–H and O–H groups in total. The Balaban J connectivity index is 0.00000361. The predicted molar refractivity (Wildman–Crippen MR) is 72.5 cm³/mol. The van der Waals surface area contributed by atoms with Gasteiger partial charge in [-0.15, -0.1) is 12.4 Å². The minimum Gasteiger partial charge on any atom is -0.482 e. The maximum absolute atomic E-state index is 12.1. The predicted octanol–water partition coefficient (Wildman–Crippen LogP) is 2.52. The Bertz CT molecular complexity index is 453. The molecule has 1 aromatic carbocycles. The maximum Gasteiger partial charge on any atom is 0.422 e. The number of anilines is 1. The monoisotopic (exact) mass is 312 g/mol. The maximum atomic E-state index is 12.1. The second kappa shape index (κ2) is 7.96. The summed E-state index contributed by atoms with van der Waals surface area (Å²) in [7, 11) is 1.59. The van der Waals surface area contributed by atoms with Gasteiger partial charge in [0.15, 0.2) is 6.61 Å². The summed E-state index contributed by atoms with van der Waals surface area (Å²) in [5.74, 6) is -0.356. The van der Waals surface area contributed by atoms with Gasteiger partial charge in [0, 0.05) is 0 Å². The number of halogens is 4. The van der Waals surface area contributed by atoms with Gasteiger partial charge in [-0.1, -0.05) is 6.07 Å². The number of likely N-dealkylation sites (N-methyl/N-ethyl adjacent to an activating group) is 1. The highest BCUT2D eigenvalue weighted by atomic mass is 35.5. The van der Waals surface area contributed by atoms with Gasteiger partial charge in [0.2, 0.25) is 5.91 Å². The van der Waals surface area contributed by atoms with E-state index in [0.717, 1.165) is 5.56 Å². The van der Waals surface area contributed by atoms with Crippen LogP contribution in [0.3, 0.4) is 0 Å². The summed E-state index contributed by atoms with van der Waals surface area (Å²) in [6.07, 6.45) is -4.42. The molecule has 0 atom stereocenters. The van der Waals surface area contributed by atoms with Gasteiger partial charge in [-0.25, -0.2) is 0 Å². The number of nitrogens with one attached hydrogen (secondary N) is 2. The minimum atomic E-state index is -4.42. The fraction of sp³-hybridized carbons (Fsp3) is 0.417. The van der Waals surface area contributed by atoms with E-state index in [2.05, 4.69) is 10.6 Å². The van der Waals surface area contributed by atoms with Gasteiger partial charge >= 0.3 is 6.18 Å². The molecule has 0 spiro atoms. The highest BCUT2D eigenvalue weighted by molar-refractivity contribution is 5.93. The molecule has 0 aliphatic rings. The Labute approximate surface area is 121 Å². The van der Waals surface area contributed by atoms with Gasteiger partial charge in [0.25, 0.3) is 0 Å². The molecule has 0 aliphatic carbocycles. The van der Waals surface area contributed by atoms with Gasteiger partial charge in [0.05, 0.1) is 12.2 Å². The summed E-state index contributed by atoms with van der Waals surface area (Å²) < 4.78 is 41.1. The Kier molecular flexibility index (Phi) is 7.38. The molecule has 114 valence electrons. The Morgan fingerprint density at radius 2 is 2.00 bits per heavy atom. The number of benzene rings is 1. The molecule has 0 radical (unpaired) electrons. The fourth-order valence-corrected chi connectivity index (χ4v) is 1.37. The van der Waals surface area contributed by atoms with Gasteiger partial charge in [-0.3, -0.25) is 4.79 Å². The van der Waals surface area contributed by atoms with E-state index >= 15 is 0 Å². The van der Waals surface area contributed by atoms with E-state index in [9.17, 15) is 18.0 Å². The first kappa shape index (κ1) is 18.5. The average Bonchev–Trinajstić information content (AvgIpc) is 2.29. The molecule has 1 amide bonds. The van der Waals surface area contributed by atoms with E-state index in [4.69, 9.17) is 4.74 Å². The second-order valence-electron chi connectivity index (χ2n) is 3.98. The molecule has 8 heteroatoms. The first-order valence-electron chi connectivity index (χ1n) is 5.56. The highest BCUT2D eigenvalue weighted by Gasteiger charge is 2.28. The van der Waals surface area contributed by atoms with Gasteiger partial charge in [0.1, 0.15) is 5.75 Å². The summed E-state index contributed by atoms with van der Waals surface area (Å²) in [6.45, 7) is 0.386. The molecule has 1 rings (SSSR count). The Morgan fingerprint density at radius 1 is 1.35 bits per heavy atom. The highest BCUT2D eigenvalue weighted by Crippen LogP contribution is 2.27. The third-order valence-electron chi connectivity index (χ3n) is 2.14. The lowest BCUT2D eigenvalue weighted by atomic mass is 10.2. The second-order valence-corrected chi connectivity index (χ2v) is 3.98. The number of hydrogen-bond acceptors (Lipinski definition) is 3. The molecular weight excluding hydrogens is 297 g/mol. The lowest BCUT2D eigenvalue weighted by molar-refractivity contribution is -0.153. The van der Waals surface area contributed by atoms with Gasteiger partial charge in [-0.05, 0) is 31.7 Å². The van der Waals surface area contributed by atoms with E-state index < -0.39 is 12.8 Å². The zero-order valence-corrected chi connectivity index (χ0v) is 11.8.